The molecule has 2 aliphatic rings. The van der Waals surface area contributed by atoms with E-state index >= 15 is 0 Å². The van der Waals surface area contributed by atoms with Crippen molar-refractivity contribution in [2.45, 2.75) is 24.2 Å². The van der Waals surface area contributed by atoms with Gasteiger partial charge in [-0.1, -0.05) is 0 Å². The Labute approximate surface area is 179 Å². The Morgan fingerprint density at radius 2 is 1.81 bits per heavy atom. The summed E-state index contributed by atoms with van der Waals surface area (Å²) < 4.78 is 63.6. The zero-order valence-electron chi connectivity index (χ0n) is 16.2. The van der Waals surface area contributed by atoms with Gasteiger partial charge in [-0.3, -0.25) is 4.98 Å². The fraction of sp³-hybridized carbons (Fsp3) is 0.182. The van der Waals surface area contributed by atoms with E-state index in [1.54, 1.807) is 36.7 Å². The molecule has 3 atom stereocenters. The SMILES string of the molecule is O=C(Nc1ccc(F)c(C(F)(F)F)c1)N[C@@H]1[C@H]2Oc3ccc(Oc4ccncc4)cc3[C@@H]12. The number of ether oxygens (including phenoxy) is 2. The van der Waals surface area contributed by atoms with Gasteiger partial charge in [0.25, 0.3) is 0 Å². The van der Waals surface area contributed by atoms with E-state index in [4.69, 9.17) is 9.47 Å². The number of alkyl halides is 3. The number of carbonyl (C=O) groups is 1. The van der Waals surface area contributed by atoms with E-state index in [9.17, 15) is 22.4 Å². The zero-order valence-corrected chi connectivity index (χ0v) is 16.2. The predicted octanol–water partition coefficient (Wildman–Crippen LogP) is 5.08. The van der Waals surface area contributed by atoms with Gasteiger partial charge in [-0.05, 0) is 48.5 Å². The van der Waals surface area contributed by atoms with E-state index in [1.165, 1.54) is 0 Å². The number of amides is 2. The Balaban J connectivity index is 1.24. The monoisotopic (exact) mass is 445 g/mol. The number of halogens is 4. The molecule has 0 saturated heterocycles. The highest BCUT2D eigenvalue weighted by molar-refractivity contribution is 5.90. The number of carbonyl (C=O) groups excluding carboxylic acids is 1. The molecule has 3 aromatic rings. The Bertz CT molecular complexity index is 1190. The minimum absolute atomic E-state index is 0.101. The lowest BCUT2D eigenvalue weighted by Gasteiger charge is -2.14. The molecule has 10 heteroatoms. The summed E-state index contributed by atoms with van der Waals surface area (Å²) in [7, 11) is 0. The van der Waals surface area contributed by atoms with Crippen LogP contribution in [0.4, 0.5) is 28.0 Å². The van der Waals surface area contributed by atoms with Crippen molar-refractivity contribution in [1.82, 2.24) is 10.3 Å². The van der Waals surface area contributed by atoms with Crippen molar-refractivity contribution in [3.8, 4) is 17.2 Å². The summed E-state index contributed by atoms with van der Waals surface area (Å²) in [4.78, 5) is 16.2. The first-order valence-corrected chi connectivity index (χ1v) is 9.62. The predicted molar refractivity (Wildman–Crippen MR) is 105 cm³/mol. The molecule has 1 aromatic heterocycles. The quantitative estimate of drug-likeness (QED) is 0.550. The number of rotatable bonds is 4. The molecule has 0 radical (unpaired) electrons. The van der Waals surface area contributed by atoms with Gasteiger partial charge in [0.05, 0.1) is 17.5 Å². The van der Waals surface area contributed by atoms with Crippen molar-refractivity contribution in [2.24, 2.45) is 0 Å². The highest BCUT2D eigenvalue weighted by Gasteiger charge is 2.59. The molecule has 1 aliphatic heterocycles. The van der Waals surface area contributed by atoms with Crippen molar-refractivity contribution in [3.63, 3.8) is 0 Å². The van der Waals surface area contributed by atoms with E-state index in [0.717, 1.165) is 11.6 Å². The molecule has 0 bridgehead atoms. The van der Waals surface area contributed by atoms with Gasteiger partial charge in [0.2, 0.25) is 0 Å². The molecule has 6 nitrogen and oxygen atoms in total. The molecular weight excluding hydrogens is 430 g/mol. The van der Waals surface area contributed by atoms with Crippen molar-refractivity contribution >= 4 is 11.7 Å². The van der Waals surface area contributed by atoms with Gasteiger partial charge < -0.3 is 20.1 Å². The maximum absolute atomic E-state index is 13.4. The summed E-state index contributed by atoms with van der Waals surface area (Å²) in [6, 6.07) is 10.0. The Kier molecular flexibility index (Phi) is 4.65. The van der Waals surface area contributed by atoms with Gasteiger partial charge in [-0.25, -0.2) is 9.18 Å². The Morgan fingerprint density at radius 3 is 2.56 bits per heavy atom. The molecule has 0 unspecified atom stereocenters. The first kappa shape index (κ1) is 20.1. The fourth-order valence-corrected chi connectivity index (χ4v) is 3.76. The van der Waals surface area contributed by atoms with Gasteiger partial charge in [0.1, 0.15) is 29.2 Å². The van der Waals surface area contributed by atoms with Crippen LogP contribution in [0.3, 0.4) is 0 Å². The molecule has 2 amide bonds. The maximum atomic E-state index is 13.4. The molecule has 164 valence electrons. The van der Waals surface area contributed by atoms with Crippen LogP contribution >= 0.6 is 0 Å². The van der Waals surface area contributed by atoms with E-state index < -0.39 is 23.6 Å². The average molecular weight is 445 g/mol. The van der Waals surface area contributed by atoms with Gasteiger partial charge in [-0.15, -0.1) is 0 Å². The zero-order chi connectivity index (χ0) is 22.5. The van der Waals surface area contributed by atoms with Crippen LogP contribution in [0.1, 0.15) is 17.0 Å². The molecule has 32 heavy (non-hydrogen) atoms. The van der Waals surface area contributed by atoms with Gasteiger partial charge >= 0.3 is 12.2 Å². The van der Waals surface area contributed by atoms with E-state index in [2.05, 4.69) is 15.6 Å². The molecule has 1 fully saturated rings. The lowest BCUT2D eigenvalue weighted by molar-refractivity contribution is -0.139. The average Bonchev–Trinajstić information content (AvgIpc) is 3.26. The van der Waals surface area contributed by atoms with E-state index in [-0.39, 0.29) is 23.8 Å². The number of pyridine rings is 1. The number of nitrogens with one attached hydrogen (secondary N) is 2. The van der Waals surface area contributed by atoms with Crippen LogP contribution in [0.5, 0.6) is 17.2 Å². The number of urea groups is 1. The largest absolute Gasteiger partial charge is 0.487 e. The van der Waals surface area contributed by atoms with Crippen molar-refractivity contribution < 1.29 is 31.8 Å². The number of hydrogen-bond acceptors (Lipinski definition) is 4. The summed E-state index contributed by atoms with van der Waals surface area (Å²) >= 11 is 0. The second-order valence-electron chi connectivity index (χ2n) is 7.41. The summed E-state index contributed by atoms with van der Waals surface area (Å²) in [5, 5.41) is 5.00. The Hall–Kier alpha value is -3.82. The van der Waals surface area contributed by atoms with Crippen LogP contribution in [0.15, 0.2) is 60.9 Å². The Morgan fingerprint density at radius 1 is 1.03 bits per heavy atom. The van der Waals surface area contributed by atoms with E-state index in [1.807, 2.05) is 6.07 Å². The highest BCUT2D eigenvalue weighted by atomic mass is 19.4. The van der Waals surface area contributed by atoms with Gasteiger partial charge in [-0.2, -0.15) is 13.2 Å². The summed E-state index contributed by atoms with van der Waals surface area (Å²) in [6.45, 7) is 0. The number of anilines is 1. The molecule has 5 rings (SSSR count). The van der Waals surface area contributed by atoms with Crippen molar-refractivity contribution in [1.29, 1.82) is 0 Å². The fourth-order valence-electron chi connectivity index (χ4n) is 3.76. The van der Waals surface area contributed by atoms with Gasteiger partial charge in [0, 0.05) is 23.6 Å². The molecule has 2 heterocycles. The normalized spacial score (nSPS) is 20.6. The molecular formula is C22H15F4N3O3. The highest BCUT2D eigenvalue weighted by Crippen LogP contribution is 2.54. The standard InChI is InChI=1S/C22H15F4N3O3/c23-16-3-1-11(9-15(16)22(24,25)26)28-21(30)29-19-18-14-10-13(2-4-17(14)32-20(18)19)31-12-5-7-27-8-6-12/h1-10,18-20H,(H2,28,29,30)/t18-,19-,20-/m0/s1. The lowest BCUT2D eigenvalue weighted by atomic mass is 10.1. The number of nitrogens with zero attached hydrogens (tertiary/aromatic N) is 1. The number of benzene rings is 2. The van der Waals surface area contributed by atoms with Crippen molar-refractivity contribution in [3.05, 3.63) is 77.9 Å². The third-order valence-corrected chi connectivity index (χ3v) is 5.27. The number of aromatic nitrogens is 1. The van der Waals surface area contributed by atoms with Crippen LogP contribution < -0.4 is 20.1 Å². The number of hydrogen-bond donors (Lipinski definition) is 2. The first-order chi connectivity index (χ1) is 15.3. The maximum Gasteiger partial charge on any atom is 0.419 e. The topological polar surface area (TPSA) is 72.5 Å². The van der Waals surface area contributed by atoms with E-state index in [0.29, 0.717) is 29.4 Å². The molecule has 1 aliphatic carbocycles. The van der Waals surface area contributed by atoms with Crippen LogP contribution in [0.2, 0.25) is 0 Å². The van der Waals surface area contributed by atoms with Crippen LogP contribution in [-0.2, 0) is 6.18 Å². The molecule has 2 N–H and O–H groups in total. The third kappa shape index (κ3) is 3.79. The number of fused-ring (bicyclic) bond motifs is 3. The minimum Gasteiger partial charge on any atom is -0.487 e. The minimum atomic E-state index is -4.86. The first-order valence-electron chi connectivity index (χ1n) is 9.62. The van der Waals surface area contributed by atoms with Crippen LogP contribution in [0, 0.1) is 5.82 Å². The van der Waals surface area contributed by atoms with Crippen molar-refractivity contribution in [2.75, 3.05) is 5.32 Å². The second kappa shape index (κ2) is 7.40. The third-order valence-electron chi connectivity index (χ3n) is 5.27. The second-order valence-corrected chi connectivity index (χ2v) is 7.41. The smallest absolute Gasteiger partial charge is 0.419 e. The molecule has 0 spiro atoms. The molecule has 2 aromatic carbocycles. The molecule has 1 saturated carbocycles. The van der Waals surface area contributed by atoms with Gasteiger partial charge in [0.15, 0.2) is 0 Å². The van der Waals surface area contributed by atoms with Crippen LogP contribution in [0.25, 0.3) is 0 Å². The summed E-state index contributed by atoms with van der Waals surface area (Å²) in [5.41, 5.74) is -0.748. The lowest BCUT2D eigenvalue weighted by Crippen LogP contribution is -2.34. The van der Waals surface area contributed by atoms with Crippen LogP contribution in [-0.4, -0.2) is 23.2 Å². The summed E-state index contributed by atoms with van der Waals surface area (Å²) in [5.74, 6) is 0.401. The summed E-state index contributed by atoms with van der Waals surface area (Å²) in [6.07, 6.45) is -1.91.